The minimum atomic E-state index is -1.34. The summed E-state index contributed by atoms with van der Waals surface area (Å²) in [6, 6.07) is 7.51. The van der Waals surface area contributed by atoms with Crippen LogP contribution in [0.3, 0.4) is 0 Å². The molecule has 0 aliphatic rings. The zero-order valence-electron chi connectivity index (χ0n) is 17.9. The van der Waals surface area contributed by atoms with E-state index in [1.54, 1.807) is 28.8 Å². The van der Waals surface area contributed by atoms with Gasteiger partial charge in [-0.05, 0) is 36.1 Å². The van der Waals surface area contributed by atoms with Crippen LogP contribution in [-0.2, 0) is 6.42 Å². The number of fused-ring (bicyclic) bond motifs is 1. The van der Waals surface area contributed by atoms with E-state index in [4.69, 9.17) is 17.7 Å². The van der Waals surface area contributed by atoms with Crippen LogP contribution in [0.15, 0.2) is 41.3 Å². The van der Waals surface area contributed by atoms with Crippen molar-refractivity contribution in [2.45, 2.75) is 33.2 Å². The molecule has 7 heteroatoms. The van der Waals surface area contributed by atoms with Crippen molar-refractivity contribution in [2.24, 2.45) is 5.92 Å². The van der Waals surface area contributed by atoms with Crippen LogP contribution in [0.5, 0.6) is 5.75 Å². The maximum atomic E-state index is 14.5. The zero-order chi connectivity index (χ0) is 22.9. The molecule has 0 spiro atoms. The summed E-state index contributed by atoms with van der Waals surface area (Å²) in [6.07, 6.45) is 1.40. The van der Waals surface area contributed by atoms with E-state index in [9.17, 15) is 19.1 Å². The molecule has 3 rings (SSSR count). The Labute approximate surface area is 180 Å². The molecule has 0 saturated carbocycles. The Morgan fingerprint density at radius 2 is 2.07 bits per heavy atom. The highest BCUT2D eigenvalue weighted by Crippen LogP contribution is 2.31. The number of carboxylic acids is 1. The number of ether oxygens (including phenoxy) is 1. The summed E-state index contributed by atoms with van der Waals surface area (Å²) in [7, 11) is 1.47. The number of hydrogen-bond acceptors (Lipinski definition) is 3. The van der Waals surface area contributed by atoms with E-state index in [0.29, 0.717) is 22.4 Å². The van der Waals surface area contributed by atoms with Crippen molar-refractivity contribution in [3.63, 3.8) is 0 Å². The van der Waals surface area contributed by atoms with E-state index < -0.39 is 17.2 Å². The van der Waals surface area contributed by atoms with Crippen LogP contribution >= 0.6 is 11.6 Å². The highest BCUT2D eigenvalue weighted by molar-refractivity contribution is 6.30. The third-order valence-corrected chi connectivity index (χ3v) is 5.50. The van der Waals surface area contributed by atoms with E-state index in [0.717, 1.165) is 0 Å². The monoisotopic (exact) mass is 432 g/mol. The van der Waals surface area contributed by atoms with Crippen molar-refractivity contribution in [1.82, 2.24) is 4.57 Å². The van der Waals surface area contributed by atoms with Gasteiger partial charge in [-0.25, -0.2) is 9.18 Å². The summed E-state index contributed by atoms with van der Waals surface area (Å²) in [5.41, 5.74) is 0.298. The number of methoxy groups -OCH3 is 1. The van der Waals surface area contributed by atoms with Gasteiger partial charge < -0.3 is 14.4 Å². The average molecular weight is 433 g/mol. The van der Waals surface area contributed by atoms with Gasteiger partial charge in [-0.2, -0.15) is 0 Å². The summed E-state index contributed by atoms with van der Waals surface area (Å²) in [5.74, 6) is -1.45. The normalized spacial score (nSPS) is 12.8. The molecule has 3 aromatic rings. The zero-order valence-corrected chi connectivity index (χ0v) is 17.7. The van der Waals surface area contributed by atoms with E-state index in [1.165, 1.54) is 19.4 Å². The molecule has 0 aliphatic heterocycles. The molecule has 0 radical (unpaired) electrons. The van der Waals surface area contributed by atoms with Gasteiger partial charge in [0.1, 0.15) is 17.1 Å². The first kappa shape index (κ1) is 20.4. The average Bonchev–Trinajstić information content (AvgIpc) is 2.72. The van der Waals surface area contributed by atoms with Gasteiger partial charge in [-0.15, -0.1) is 0 Å². The first-order chi connectivity index (χ1) is 14.7. The van der Waals surface area contributed by atoms with Gasteiger partial charge in [0.05, 0.1) is 17.6 Å². The summed E-state index contributed by atoms with van der Waals surface area (Å²) in [4.78, 5) is 24.7. The lowest BCUT2D eigenvalue weighted by Gasteiger charge is -2.23. The largest absolute Gasteiger partial charge is 0.496 e. The van der Waals surface area contributed by atoms with Crippen LogP contribution < -0.4 is 10.2 Å². The van der Waals surface area contributed by atoms with E-state index in [-0.39, 0.29) is 41.3 Å². The Balaban J connectivity index is 2.32. The Hall–Kier alpha value is -2.86. The molecule has 2 aromatic carbocycles. The van der Waals surface area contributed by atoms with Gasteiger partial charge in [-0.1, -0.05) is 37.6 Å². The second-order valence-corrected chi connectivity index (χ2v) is 7.87. The summed E-state index contributed by atoms with van der Waals surface area (Å²) in [6.45, 7) is 3.86. The fourth-order valence-electron chi connectivity index (χ4n) is 3.39. The van der Waals surface area contributed by atoms with Crippen LogP contribution in [-0.4, -0.2) is 22.8 Å². The first-order valence-corrected chi connectivity index (χ1v) is 9.78. The minimum absolute atomic E-state index is 0.00644. The van der Waals surface area contributed by atoms with Gasteiger partial charge >= 0.3 is 5.97 Å². The van der Waals surface area contributed by atoms with Crippen molar-refractivity contribution >= 4 is 28.5 Å². The highest BCUT2D eigenvalue weighted by Gasteiger charge is 2.21. The molecule has 0 unspecified atom stereocenters. The fraction of sp³-hybridized carbons (Fsp3) is 0.304. The number of aromatic nitrogens is 1. The molecule has 1 atom stereocenters. The Bertz CT molecular complexity index is 1210. The first-order valence-electron chi connectivity index (χ1n) is 10.1. The van der Waals surface area contributed by atoms with Gasteiger partial charge in [0, 0.05) is 31.5 Å². The lowest BCUT2D eigenvalue weighted by atomic mass is 9.99. The molecule has 0 amide bonds. The van der Waals surface area contributed by atoms with Gasteiger partial charge in [0.2, 0.25) is 5.43 Å². The Morgan fingerprint density at radius 1 is 1.33 bits per heavy atom. The smallest absolute Gasteiger partial charge is 0.341 e. The van der Waals surface area contributed by atoms with Crippen LogP contribution in [0.25, 0.3) is 10.9 Å². The third-order valence-electron chi connectivity index (χ3n) is 5.20. The van der Waals surface area contributed by atoms with E-state index in [1.807, 2.05) is 13.8 Å². The van der Waals surface area contributed by atoms with Crippen LogP contribution in [0.2, 0.25) is 5.02 Å². The summed E-state index contributed by atoms with van der Waals surface area (Å²) in [5, 5.41) is 9.73. The molecule has 0 bridgehead atoms. The predicted molar refractivity (Wildman–Crippen MR) is 115 cm³/mol. The predicted octanol–water partition coefficient (Wildman–Crippen LogP) is 5.31. The molecule has 0 aliphatic carbocycles. The summed E-state index contributed by atoms with van der Waals surface area (Å²) >= 11 is 5.89. The third kappa shape index (κ3) is 3.92. The van der Waals surface area contributed by atoms with Crippen LogP contribution in [0.1, 0.15) is 49.6 Å². The molecule has 5 nitrogen and oxygen atoms in total. The summed E-state index contributed by atoms with van der Waals surface area (Å²) < 4.78 is 29.6. The number of benzene rings is 2. The van der Waals surface area contributed by atoms with Crippen LogP contribution in [0, 0.1) is 11.7 Å². The molecular formula is C23H23ClFNO4. The van der Waals surface area contributed by atoms with Gasteiger partial charge in [0.25, 0.3) is 0 Å². The quantitative estimate of drug-likeness (QED) is 0.573. The molecule has 158 valence electrons. The maximum absolute atomic E-state index is 14.5. The van der Waals surface area contributed by atoms with Crippen molar-refractivity contribution in [3.8, 4) is 5.75 Å². The molecule has 0 fully saturated rings. The number of nitrogens with zero attached hydrogens (tertiary/aromatic N) is 1. The van der Waals surface area contributed by atoms with Crippen molar-refractivity contribution in [1.29, 1.82) is 0 Å². The SMILES string of the molecule is [2H]C[C@H](C(C)C)n1cc(C(=O)O)c(=O)c2cc(Cc3cccc(Cl)c3F)c(OC)cc21. The molecular weight excluding hydrogens is 409 g/mol. The lowest BCUT2D eigenvalue weighted by Crippen LogP contribution is -2.22. The Morgan fingerprint density at radius 3 is 2.67 bits per heavy atom. The van der Waals surface area contributed by atoms with E-state index >= 15 is 0 Å². The Kier molecular flexibility index (Phi) is 5.77. The van der Waals surface area contributed by atoms with Gasteiger partial charge in [-0.3, -0.25) is 4.79 Å². The standard InChI is InChI=1S/C23H23ClFNO4/c1-12(2)13(3)26-11-17(23(28)29)22(27)16-9-15(20(30-4)10-19(16)26)8-14-6-5-7-18(24)21(14)25/h5-7,9-13H,8H2,1-4H3,(H,28,29)/t13-/m1/s1/i3D. The van der Waals surface area contributed by atoms with Gasteiger partial charge in [0.15, 0.2) is 0 Å². The second kappa shape index (κ2) is 8.48. The topological polar surface area (TPSA) is 68.5 Å². The number of aromatic carboxylic acids is 1. The molecule has 0 saturated heterocycles. The second-order valence-electron chi connectivity index (χ2n) is 7.47. The maximum Gasteiger partial charge on any atom is 0.341 e. The van der Waals surface area contributed by atoms with Crippen LogP contribution in [0.4, 0.5) is 4.39 Å². The van der Waals surface area contributed by atoms with Crippen molar-refractivity contribution in [3.05, 3.63) is 74.3 Å². The van der Waals surface area contributed by atoms with E-state index in [2.05, 4.69) is 0 Å². The number of pyridine rings is 1. The highest BCUT2D eigenvalue weighted by atomic mass is 35.5. The number of hydrogen-bond donors (Lipinski definition) is 1. The lowest BCUT2D eigenvalue weighted by molar-refractivity contribution is 0.0694. The van der Waals surface area contributed by atoms with Crippen molar-refractivity contribution < 1.29 is 20.4 Å². The molecule has 30 heavy (non-hydrogen) atoms. The molecule has 1 N–H and O–H groups in total. The van der Waals surface area contributed by atoms with Crippen molar-refractivity contribution in [2.75, 3.05) is 7.11 Å². The molecule has 1 aromatic heterocycles. The number of rotatable bonds is 6. The molecule has 1 heterocycles. The minimum Gasteiger partial charge on any atom is -0.496 e. The number of halogens is 2. The number of carboxylic acid groups (broad SMARTS) is 1. The number of carbonyl (C=O) groups is 1. The fourth-order valence-corrected chi connectivity index (χ4v) is 3.58.